The number of rotatable bonds is 8. The van der Waals surface area contributed by atoms with E-state index in [1.807, 2.05) is 19.1 Å². The Morgan fingerprint density at radius 3 is 2.55 bits per heavy atom. The molecular weight excluding hydrogens is 276 g/mol. The fraction of sp³-hybridized carbons (Fsp3) is 0.400. The van der Waals surface area contributed by atoms with Gasteiger partial charge in [-0.05, 0) is 30.7 Å². The first-order valence-electron chi connectivity index (χ1n) is 6.42. The molecule has 1 aromatic carbocycles. The third-order valence-corrected chi connectivity index (χ3v) is 4.03. The van der Waals surface area contributed by atoms with Crippen LogP contribution in [0.15, 0.2) is 30.3 Å². The summed E-state index contributed by atoms with van der Waals surface area (Å²) in [4.78, 5) is 10.4. The maximum atomic E-state index is 10.4. The average molecular weight is 296 g/mol. The topological polar surface area (TPSA) is 66.8 Å². The van der Waals surface area contributed by atoms with E-state index in [1.54, 1.807) is 30.8 Å². The van der Waals surface area contributed by atoms with Crippen LogP contribution in [0.3, 0.4) is 0 Å². The lowest BCUT2D eigenvalue weighted by molar-refractivity contribution is -0.131. The van der Waals surface area contributed by atoms with Crippen LogP contribution < -0.4 is 4.74 Å². The number of thioether (sulfide) groups is 1. The molecule has 0 aliphatic carbocycles. The van der Waals surface area contributed by atoms with E-state index in [4.69, 9.17) is 9.84 Å². The molecule has 0 saturated carbocycles. The molecule has 2 atom stereocenters. The summed E-state index contributed by atoms with van der Waals surface area (Å²) in [6, 6.07) is 7.23. The van der Waals surface area contributed by atoms with Gasteiger partial charge in [0.05, 0.1) is 12.7 Å². The molecule has 0 saturated heterocycles. The highest BCUT2D eigenvalue weighted by Crippen LogP contribution is 2.16. The van der Waals surface area contributed by atoms with Gasteiger partial charge in [-0.3, -0.25) is 0 Å². The lowest BCUT2D eigenvalue weighted by Crippen LogP contribution is -2.17. The molecular formula is C15H20O4S. The first-order valence-corrected chi connectivity index (χ1v) is 7.47. The van der Waals surface area contributed by atoms with Crippen molar-refractivity contribution in [2.24, 2.45) is 0 Å². The number of hydrogen-bond donors (Lipinski definition) is 2. The van der Waals surface area contributed by atoms with E-state index in [9.17, 15) is 9.90 Å². The molecule has 110 valence electrons. The van der Waals surface area contributed by atoms with E-state index in [0.717, 1.165) is 23.1 Å². The van der Waals surface area contributed by atoms with Crippen LogP contribution in [0.4, 0.5) is 0 Å². The second-order valence-electron chi connectivity index (χ2n) is 4.41. The van der Waals surface area contributed by atoms with Crippen molar-refractivity contribution in [1.82, 2.24) is 0 Å². The fourth-order valence-corrected chi connectivity index (χ4v) is 2.21. The maximum absolute atomic E-state index is 10.4. The van der Waals surface area contributed by atoms with E-state index in [2.05, 4.69) is 0 Å². The number of carboxylic acid groups (broad SMARTS) is 1. The van der Waals surface area contributed by atoms with Crippen LogP contribution in [0.1, 0.15) is 19.4 Å². The normalized spacial score (nSPS) is 14.2. The Labute approximate surface area is 123 Å². The van der Waals surface area contributed by atoms with Gasteiger partial charge >= 0.3 is 5.97 Å². The molecule has 20 heavy (non-hydrogen) atoms. The van der Waals surface area contributed by atoms with E-state index < -0.39 is 5.97 Å². The summed E-state index contributed by atoms with van der Waals surface area (Å²) in [5.41, 5.74) is 0.817. The smallest absolute Gasteiger partial charge is 0.328 e. The Balaban J connectivity index is 2.33. The van der Waals surface area contributed by atoms with Gasteiger partial charge in [0.25, 0.3) is 0 Å². The Morgan fingerprint density at radius 2 is 2.00 bits per heavy atom. The Morgan fingerprint density at radius 1 is 1.35 bits per heavy atom. The number of ether oxygens (including phenoxy) is 1. The summed E-state index contributed by atoms with van der Waals surface area (Å²) in [5.74, 6) is 0.601. The average Bonchev–Trinajstić information content (AvgIpc) is 2.42. The first kappa shape index (κ1) is 16.6. The standard InChI is InChI=1S/C15H20O4S/c1-11(16)12(2)20-10-9-19-14-6-3-13(4-7-14)5-8-15(17)18/h3-8,11-12,16H,9-10H2,1-2H3,(H,17,18)/b8-5+. The maximum Gasteiger partial charge on any atom is 0.328 e. The summed E-state index contributed by atoms with van der Waals surface area (Å²) in [7, 11) is 0. The van der Waals surface area contributed by atoms with Crippen molar-refractivity contribution in [3.8, 4) is 5.75 Å². The van der Waals surface area contributed by atoms with Gasteiger partial charge in [0.1, 0.15) is 5.75 Å². The molecule has 0 spiro atoms. The molecule has 0 aliphatic heterocycles. The van der Waals surface area contributed by atoms with Crippen molar-refractivity contribution in [1.29, 1.82) is 0 Å². The molecule has 2 unspecified atom stereocenters. The summed E-state index contributed by atoms with van der Waals surface area (Å²) < 4.78 is 5.57. The molecule has 0 heterocycles. The fourth-order valence-electron chi connectivity index (χ4n) is 1.38. The molecule has 0 fully saturated rings. The van der Waals surface area contributed by atoms with Gasteiger partial charge in [-0.15, -0.1) is 0 Å². The number of carboxylic acids is 1. The van der Waals surface area contributed by atoms with Crippen molar-refractivity contribution in [3.05, 3.63) is 35.9 Å². The van der Waals surface area contributed by atoms with Crippen LogP contribution >= 0.6 is 11.8 Å². The van der Waals surface area contributed by atoms with E-state index >= 15 is 0 Å². The Bertz CT molecular complexity index is 440. The second kappa shape index (κ2) is 8.66. The number of carbonyl (C=O) groups is 1. The second-order valence-corrected chi connectivity index (χ2v) is 5.89. The lowest BCUT2D eigenvalue weighted by atomic mass is 10.2. The number of aliphatic hydroxyl groups is 1. The van der Waals surface area contributed by atoms with Crippen LogP contribution in [-0.4, -0.2) is 39.9 Å². The minimum absolute atomic E-state index is 0.196. The summed E-state index contributed by atoms with van der Waals surface area (Å²) in [6.07, 6.45) is 2.32. The summed E-state index contributed by atoms with van der Waals surface area (Å²) >= 11 is 1.67. The minimum Gasteiger partial charge on any atom is -0.493 e. The number of benzene rings is 1. The van der Waals surface area contributed by atoms with E-state index in [1.165, 1.54) is 6.08 Å². The molecule has 4 nitrogen and oxygen atoms in total. The Hall–Kier alpha value is -1.46. The summed E-state index contributed by atoms with van der Waals surface area (Å²) in [5, 5.41) is 18.1. The molecule has 0 aromatic heterocycles. The zero-order valence-corrected chi connectivity index (χ0v) is 12.5. The van der Waals surface area contributed by atoms with Gasteiger partial charge in [-0.25, -0.2) is 4.79 Å². The van der Waals surface area contributed by atoms with E-state index in [-0.39, 0.29) is 11.4 Å². The van der Waals surface area contributed by atoms with Crippen LogP contribution in [0, 0.1) is 0 Å². The third kappa shape index (κ3) is 6.63. The predicted octanol–water partition coefficient (Wildman–Crippen LogP) is 2.67. The van der Waals surface area contributed by atoms with Gasteiger partial charge in [0.2, 0.25) is 0 Å². The summed E-state index contributed by atoms with van der Waals surface area (Å²) in [6.45, 7) is 4.34. The lowest BCUT2D eigenvalue weighted by Gasteiger charge is -2.14. The zero-order valence-electron chi connectivity index (χ0n) is 11.7. The molecule has 0 aliphatic rings. The molecule has 0 radical (unpaired) electrons. The van der Waals surface area contributed by atoms with Crippen molar-refractivity contribution >= 4 is 23.8 Å². The molecule has 1 rings (SSSR count). The molecule has 1 aromatic rings. The SMILES string of the molecule is CC(O)C(C)SCCOc1ccc(/C=C/C(=O)O)cc1. The third-order valence-electron chi connectivity index (χ3n) is 2.71. The molecule has 0 amide bonds. The van der Waals surface area contributed by atoms with Gasteiger partial charge in [0.15, 0.2) is 0 Å². The van der Waals surface area contributed by atoms with Crippen LogP contribution in [-0.2, 0) is 4.79 Å². The van der Waals surface area contributed by atoms with Crippen molar-refractivity contribution in [3.63, 3.8) is 0 Å². The van der Waals surface area contributed by atoms with Crippen molar-refractivity contribution in [2.75, 3.05) is 12.4 Å². The highest BCUT2D eigenvalue weighted by molar-refractivity contribution is 7.99. The van der Waals surface area contributed by atoms with Gasteiger partial charge in [0, 0.05) is 17.1 Å². The monoisotopic (exact) mass is 296 g/mol. The molecule has 2 N–H and O–H groups in total. The largest absolute Gasteiger partial charge is 0.493 e. The highest BCUT2D eigenvalue weighted by atomic mass is 32.2. The van der Waals surface area contributed by atoms with Crippen LogP contribution in [0.25, 0.3) is 6.08 Å². The molecule has 5 heteroatoms. The van der Waals surface area contributed by atoms with Crippen LogP contribution in [0.2, 0.25) is 0 Å². The minimum atomic E-state index is -0.963. The number of hydrogen-bond acceptors (Lipinski definition) is 4. The highest BCUT2D eigenvalue weighted by Gasteiger charge is 2.08. The predicted molar refractivity (Wildman–Crippen MR) is 82.2 cm³/mol. The van der Waals surface area contributed by atoms with Crippen molar-refractivity contribution < 1.29 is 19.7 Å². The number of aliphatic hydroxyl groups excluding tert-OH is 1. The van der Waals surface area contributed by atoms with Gasteiger partial charge in [-0.2, -0.15) is 11.8 Å². The number of aliphatic carboxylic acids is 1. The van der Waals surface area contributed by atoms with Crippen molar-refractivity contribution in [2.45, 2.75) is 25.2 Å². The zero-order chi connectivity index (χ0) is 15.0. The van der Waals surface area contributed by atoms with Crippen LogP contribution in [0.5, 0.6) is 5.75 Å². The molecule has 0 bridgehead atoms. The van der Waals surface area contributed by atoms with E-state index in [0.29, 0.717) is 6.61 Å². The Kier molecular flexibility index (Phi) is 7.18. The first-order chi connectivity index (χ1) is 9.49. The van der Waals surface area contributed by atoms with Gasteiger partial charge < -0.3 is 14.9 Å². The quantitative estimate of drug-likeness (QED) is 0.570. The van der Waals surface area contributed by atoms with Gasteiger partial charge in [-0.1, -0.05) is 19.1 Å².